The highest BCUT2D eigenvalue weighted by Crippen LogP contribution is 2.44. The summed E-state index contributed by atoms with van der Waals surface area (Å²) in [6.45, 7) is 2.75. The SMILES string of the molecule is COC(=O)CC(=O)COCC1(C)CC1. The molecule has 1 rings (SSSR count). The molecule has 1 aliphatic carbocycles. The molecule has 0 aromatic carbocycles. The summed E-state index contributed by atoms with van der Waals surface area (Å²) in [7, 11) is 1.27. The number of ketones is 1. The van der Waals surface area contributed by atoms with Gasteiger partial charge in [0.1, 0.15) is 13.0 Å². The number of hydrogen-bond donors (Lipinski definition) is 0. The van der Waals surface area contributed by atoms with E-state index < -0.39 is 5.97 Å². The summed E-state index contributed by atoms with van der Waals surface area (Å²) in [4.78, 5) is 21.8. The third-order valence-electron chi connectivity index (χ3n) is 2.39. The van der Waals surface area contributed by atoms with E-state index >= 15 is 0 Å². The van der Waals surface area contributed by atoms with Crippen LogP contribution in [0.2, 0.25) is 0 Å². The molecule has 0 heterocycles. The van der Waals surface area contributed by atoms with Crippen LogP contribution in [-0.4, -0.2) is 32.1 Å². The van der Waals surface area contributed by atoms with Gasteiger partial charge in [0.25, 0.3) is 0 Å². The molecule has 0 N–H and O–H groups in total. The van der Waals surface area contributed by atoms with Gasteiger partial charge in [-0.15, -0.1) is 0 Å². The zero-order valence-electron chi connectivity index (χ0n) is 8.67. The summed E-state index contributed by atoms with van der Waals surface area (Å²) >= 11 is 0. The third-order valence-corrected chi connectivity index (χ3v) is 2.39. The second-order valence-electron chi connectivity index (χ2n) is 4.10. The number of methoxy groups -OCH3 is 1. The smallest absolute Gasteiger partial charge is 0.313 e. The fourth-order valence-electron chi connectivity index (χ4n) is 1.05. The normalized spacial score (nSPS) is 17.6. The van der Waals surface area contributed by atoms with Crippen molar-refractivity contribution >= 4 is 11.8 Å². The molecule has 0 radical (unpaired) electrons. The number of hydrogen-bond acceptors (Lipinski definition) is 4. The molecule has 1 fully saturated rings. The number of rotatable bonds is 6. The van der Waals surface area contributed by atoms with E-state index in [9.17, 15) is 9.59 Å². The zero-order valence-corrected chi connectivity index (χ0v) is 8.67. The first-order valence-electron chi connectivity index (χ1n) is 4.72. The molecule has 4 nitrogen and oxygen atoms in total. The third kappa shape index (κ3) is 3.87. The van der Waals surface area contributed by atoms with Crippen molar-refractivity contribution < 1.29 is 19.1 Å². The minimum absolute atomic E-state index is 0.0185. The fraction of sp³-hybridized carbons (Fsp3) is 0.800. The molecule has 0 atom stereocenters. The van der Waals surface area contributed by atoms with Crippen LogP contribution in [0, 0.1) is 5.41 Å². The van der Waals surface area contributed by atoms with Crippen molar-refractivity contribution in [3.05, 3.63) is 0 Å². The van der Waals surface area contributed by atoms with Gasteiger partial charge in [-0.3, -0.25) is 9.59 Å². The van der Waals surface area contributed by atoms with Gasteiger partial charge in [-0.25, -0.2) is 0 Å². The quantitative estimate of drug-likeness (QED) is 0.473. The van der Waals surface area contributed by atoms with Gasteiger partial charge < -0.3 is 9.47 Å². The van der Waals surface area contributed by atoms with Crippen molar-refractivity contribution in [2.45, 2.75) is 26.2 Å². The maximum atomic E-state index is 11.1. The first-order valence-corrected chi connectivity index (χ1v) is 4.72. The van der Waals surface area contributed by atoms with Gasteiger partial charge in [-0.2, -0.15) is 0 Å². The molecule has 0 spiro atoms. The van der Waals surface area contributed by atoms with Crippen LogP contribution in [0.15, 0.2) is 0 Å². The predicted octanol–water partition coefficient (Wildman–Crippen LogP) is 0.935. The van der Waals surface area contributed by atoms with Crippen molar-refractivity contribution in [2.24, 2.45) is 5.41 Å². The molecule has 0 saturated heterocycles. The number of carbonyl (C=O) groups excluding carboxylic acids is 2. The summed E-state index contributed by atoms with van der Waals surface area (Å²) in [5, 5.41) is 0. The molecule has 0 aromatic heterocycles. The Bertz CT molecular complexity index is 230. The van der Waals surface area contributed by atoms with Crippen molar-refractivity contribution in [1.29, 1.82) is 0 Å². The van der Waals surface area contributed by atoms with E-state index in [1.807, 2.05) is 0 Å². The Morgan fingerprint density at radius 1 is 1.36 bits per heavy atom. The van der Waals surface area contributed by atoms with Crippen molar-refractivity contribution in [3.63, 3.8) is 0 Å². The molecular formula is C10H16O4. The Labute approximate surface area is 83.6 Å². The van der Waals surface area contributed by atoms with E-state index in [0.29, 0.717) is 6.61 Å². The van der Waals surface area contributed by atoms with E-state index in [4.69, 9.17) is 4.74 Å². The van der Waals surface area contributed by atoms with E-state index in [-0.39, 0.29) is 24.2 Å². The lowest BCUT2D eigenvalue weighted by molar-refractivity contribution is -0.144. The number of esters is 1. The highest BCUT2D eigenvalue weighted by atomic mass is 16.5. The van der Waals surface area contributed by atoms with Crippen LogP contribution in [0.4, 0.5) is 0 Å². The molecule has 0 unspecified atom stereocenters. The van der Waals surface area contributed by atoms with Gasteiger partial charge in [0, 0.05) is 0 Å². The molecule has 1 aliphatic rings. The van der Waals surface area contributed by atoms with E-state index in [1.165, 1.54) is 7.11 Å². The van der Waals surface area contributed by atoms with Crippen molar-refractivity contribution in [1.82, 2.24) is 0 Å². The minimum atomic E-state index is -0.503. The molecular weight excluding hydrogens is 184 g/mol. The average molecular weight is 200 g/mol. The maximum Gasteiger partial charge on any atom is 0.313 e. The molecule has 0 amide bonds. The second-order valence-corrected chi connectivity index (χ2v) is 4.10. The molecule has 0 aromatic rings. The number of Topliss-reactive ketones (excluding diaryl/α,β-unsaturated/α-hetero) is 1. The monoisotopic (exact) mass is 200 g/mol. The maximum absolute atomic E-state index is 11.1. The Kier molecular flexibility index (Phi) is 3.63. The minimum Gasteiger partial charge on any atom is -0.469 e. The standard InChI is InChI=1S/C10H16O4/c1-10(3-4-10)7-14-6-8(11)5-9(12)13-2/h3-7H2,1-2H3. The Morgan fingerprint density at radius 3 is 2.50 bits per heavy atom. The van der Waals surface area contributed by atoms with Gasteiger partial charge >= 0.3 is 5.97 Å². The van der Waals surface area contributed by atoms with Crippen LogP contribution in [0.25, 0.3) is 0 Å². The topological polar surface area (TPSA) is 52.6 Å². The van der Waals surface area contributed by atoms with Crippen LogP contribution in [0.5, 0.6) is 0 Å². The fourth-order valence-corrected chi connectivity index (χ4v) is 1.05. The zero-order chi connectivity index (χ0) is 10.6. The van der Waals surface area contributed by atoms with Crippen LogP contribution in [-0.2, 0) is 19.1 Å². The largest absolute Gasteiger partial charge is 0.469 e. The second kappa shape index (κ2) is 4.55. The lowest BCUT2D eigenvalue weighted by Gasteiger charge is -2.07. The Hall–Kier alpha value is -0.900. The molecule has 1 saturated carbocycles. The van der Waals surface area contributed by atoms with Gasteiger partial charge in [0.15, 0.2) is 5.78 Å². The van der Waals surface area contributed by atoms with E-state index in [0.717, 1.165) is 12.8 Å². The van der Waals surface area contributed by atoms with Gasteiger partial charge in [0.05, 0.1) is 13.7 Å². The molecule has 14 heavy (non-hydrogen) atoms. The van der Waals surface area contributed by atoms with Gasteiger partial charge in [-0.05, 0) is 18.3 Å². The summed E-state index contributed by atoms with van der Waals surface area (Å²) in [5.74, 6) is -0.725. The van der Waals surface area contributed by atoms with Gasteiger partial charge in [-0.1, -0.05) is 6.92 Å². The van der Waals surface area contributed by atoms with E-state index in [1.54, 1.807) is 0 Å². The number of carbonyl (C=O) groups is 2. The Morgan fingerprint density at radius 2 is 2.00 bits per heavy atom. The highest BCUT2D eigenvalue weighted by Gasteiger charge is 2.37. The molecule has 4 heteroatoms. The predicted molar refractivity (Wildman–Crippen MR) is 49.8 cm³/mol. The first-order chi connectivity index (χ1) is 6.56. The molecule has 80 valence electrons. The first kappa shape index (κ1) is 11.2. The molecule has 0 aliphatic heterocycles. The summed E-state index contributed by atoms with van der Waals surface area (Å²) in [5.41, 5.74) is 0.283. The van der Waals surface area contributed by atoms with Crippen LogP contribution in [0.1, 0.15) is 26.2 Å². The van der Waals surface area contributed by atoms with E-state index in [2.05, 4.69) is 11.7 Å². The van der Waals surface area contributed by atoms with Crippen LogP contribution >= 0.6 is 0 Å². The molecule has 0 bridgehead atoms. The number of ether oxygens (including phenoxy) is 2. The van der Waals surface area contributed by atoms with Gasteiger partial charge in [0.2, 0.25) is 0 Å². The lowest BCUT2D eigenvalue weighted by Crippen LogP contribution is -2.17. The lowest BCUT2D eigenvalue weighted by atomic mass is 10.2. The Balaban J connectivity index is 2.06. The average Bonchev–Trinajstić information content (AvgIpc) is 2.83. The highest BCUT2D eigenvalue weighted by molar-refractivity contribution is 5.96. The summed E-state index contributed by atoms with van der Waals surface area (Å²) in [6, 6.07) is 0. The summed E-state index contributed by atoms with van der Waals surface area (Å²) < 4.78 is 9.58. The van der Waals surface area contributed by atoms with Crippen LogP contribution < -0.4 is 0 Å². The van der Waals surface area contributed by atoms with Crippen LogP contribution in [0.3, 0.4) is 0 Å². The van der Waals surface area contributed by atoms with Crippen molar-refractivity contribution in [3.8, 4) is 0 Å². The summed E-state index contributed by atoms with van der Waals surface area (Å²) in [6.07, 6.45) is 2.14. The van der Waals surface area contributed by atoms with Crippen molar-refractivity contribution in [2.75, 3.05) is 20.3 Å².